The molecule has 2 heterocycles. The molecule has 39 heavy (non-hydrogen) atoms. The van der Waals surface area contributed by atoms with E-state index in [1.807, 2.05) is 72.8 Å². The van der Waals surface area contributed by atoms with E-state index in [-0.39, 0.29) is 6.61 Å². The molecule has 2 N–H and O–H groups in total. The smallest absolute Gasteiger partial charge is 0.231 e. The molecule has 0 aliphatic heterocycles. The summed E-state index contributed by atoms with van der Waals surface area (Å²) >= 11 is 0. The summed E-state index contributed by atoms with van der Waals surface area (Å²) in [6, 6.07) is 23.5. The molecule has 0 bridgehead atoms. The summed E-state index contributed by atoms with van der Waals surface area (Å²) in [5, 5.41) is 13.0. The average Bonchev–Trinajstić information content (AvgIpc) is 3.52. The lowest BCUT2D eigenvalue weighted by Gasteiger charge is -2.25. The van der Waals surface area contributed by atoms with E-state index in [9.17, 15) is 5.11 Å². The minimum atomic E-state index is 0.0551. The zero-order chi connectivity index (χ0) is 27.0. The van der Waals surface area contributed by atoms with E-state index < -0.39 is 0 Å². The van der Waals surface area contributed by atoms with Crippen molar-refractivity contribution < 1.29 is 14.3 Å². The van der Waals surface area contributed by atoms with Gasteiger partial charge in [-0.25, -0.2) is 9.97 Å². The van der Waals surface area contributed by atoms with E-state index in [1.165, 1.54) is 6.39 Å². The van der Waals surface area contributed by atoms with Crippen LogP contribution < -0.4 is 15.0 Å². The molecule has 3 aromatic carbocycles. The Balaban J connectivity index is 1.58. The zero-order valence-corrected chi connectivity index (χ0v) is 21.9. The monoisotopic (exact) mass is 522 g/mol. The van der Waals surface area contributed by atoms with Crippen molar-refractivity contribution in [3.05, 3.63) is 85.4 Å². The van der Waals surface area contributed by atoms with E-state index in [0.29, 0.717) is 35.7 Å². The largest absolute Gasteiger partial charge is 0.496 e. The lowest BCUT2D eigenvalue weighted by Crippen LogP contribution is -2.28. The molecule has 9 nitrogen and oxygen atoms in total. The van der Waals surface area contributed by atoms with Gasteiger partial charge in [0.05, 0.1) is 25.5 Å². The summed E-state index contributed by atoms with van der Waals surface area (Å²) in [5.74, 6) is 2.72. The molecule has 198 valence electrons. The van der Waals surface area contributed by atoms with Gasteiger partial charge in [-0.05, 0) is 30.7 Å². The number of anilines is 3. The third kappa shape index (κ3) is 5.89. The number of hydrogen-bond donors (Lipinski definition) is 2. The molecule has 0 saturated carbocycles. The topological polar surface area (TPSA) is 109 Å². The van der Waals surface area contributed by atoms with Crippen molar-refractivity contribution in [2.24, 2.45) is 0 Å². The molecule has 0 aliphatic carbocycles. The Labute approximate surface area is 227 Å². The van der Waals surface area contributed by atoms with Crippen molar-refractivity contribution in [3.63, 3.8) is 0 Å². The summed E-state index contributed by atoms with van der Waals surface area (Å²) in [6.45, 7) is 3.49. The molecule has 0 radical (unpaired) electrons. The molecule has 5 rings (SSSR count). The van der Waals surface area contributed by atoms with Crippen LogP contribution in [-0.2, 0) is 0 Å². The first kappa shape index (κ1) is 25.9. The Bertz CT molecular complexity index is 1500. The molecule has 0 aliphatic rings. The van der Waals surface area contributed by atoms with Gasteiger partial charge in [0.2, 0.25) is 5.95 Å². The predicted octanol–water partition coefficient (Wildman–Crippen LogP) is 5.82. The predicted molar refractivity (Wildman–Crippen MR) is 152 cm³/mol. The van der Waals surface area contributed by atoms with Crippen LogP contribution in [-0.4, -0.2) is 51.8 Å². The van der Waals surface area contributed by atoms with Crippen molar-refractivity contribution >= 4 is 17.3 Å². The van der Waals surface area contributed by atoms with Crippen LogP contribution in [0, 0.1) is 0 Å². The van der Waals surface area contributed by atoms with Gasteiger partial charge < -0.3 is 24.5 Å². The van der Waals surface area contributed by atoms with Crippen molar-refractivity contribution in [2.75, 3.05) is 37.0 Å². The van der Waals surface area contributed by atoms with Crippen LogP contribution in [0.15, 0.2) is 89.8 Å². The highest BCUT2D eigenvalue weighted by atomic mass is 16.5. The summed E-state index contributed by atoms with van der Waals surface area (Å²) in [5.41, 5.74) is 4.23. The van der Waals surface area contributed by atoms with Gasteiger partial charge in [0, 0.05) is 41.7 Å². The van der Waals surface area contributed by atoms with Gasteiger partial charge in [-0.1, -0.05) is 49.4 Å². The van der Waals surface area contributed by atoms with Crippen LogP contribution in [0.2, 0.25) is 0 Å². The number of oxazole rings is 1. The van der Waals surface area contributed by atoms with Gasteiger partial charge in [-0.2, -0.15) is 9.97 Å². The fraction of sp³-hybridized carbons (Fsp3) is 0.200. The summed E-state index contributed by atoms with van der Waals surface area (Å²) < 4.78 is 11.1. The highest BCUT2D eigenvalue weighted by molar-refractivity contribution is 5.77. The molecular formula is C30H30N6O3. The van der Waals surface area contributed by atoms with E-state index >= 15 is 0 Å². The van der Waals surface area contributed by atoms with Crippen LogP contribution in [0.4, 0.5) is 17.3 Å². The number of hydrogen-bond acceptors (Lipinski definition) is 9. The van der Waals surface area contributed by atoms with Crippen molar-refractivity contribution in [1.82, 2.24) is 19.9 Å². The minimum absolute atomic E-state index is 0.0551. The maximum Gasteiger partial charge on any atom is 0.231 e. The van der Waals surface area contributed by atoms with Crippen LogP contribution in [0.1, 0.15) is 13.3 Å². The average molecular weight is 523 g/mol. The number of ether oxygens (including phenoxy) is 1. The first-order valence-electron chi connectivity index (χ1n) is 12.8. The zero-order valence-electron chi connectivity index (χ0n) is 21.9. The molecule has 0 spiro atoms. The van der Waals surface area contributed by atoms with Crippen LogP contribution in [0.5, 0.6) is 5.75 Å². The number of nitrogens with zero attached hydrogens (tertiary/aromatic N) is 5. The second kappa shape index (κ2) is 12.2. The maximum atomic E-state index is 9.70. The molecule has 2 aromatic heterocycles. The third-order valence-corrected chi connectivity index (χ3v) is 6.17. The highest BCUT2D eigenvalue weighted by Gasteiger charge is 2.17. The van der Waals surface area contributed by atoms with Gasteiger partial charge >= 0.3 is 0 Å². The number of para-hydroxylation sites is 1. The minimum Gasteiger partial charge on any atom is -0.496 e. The lowest BCUT2D eigenvalue weighted by molar-refractivity contribution is 0.302. The normalized spacial score (nSPS) is 10.8. The van der Waals surface area contributed by atoms with E-state index in [0.717, 1.165) is 41.0 Å². The SMILES string of the molecule is CCCN(CCO)c1ccccc1-c1nc(Nc2ccc(-c3cnco3)c(OC)c2)nc(-c2ccccc2)n1. The molecule has 0 saturated heterocycles. The van der Waals surface area contributed by atoms with Gasteiger partial charge in [-0.3, -0.25) is 0 Å². The Kier molecular flexibility index (Phi) is 8.09. The Morgan fingerprint density at radius 2 is 1.69 bits per heavy atom. The molecule has 0 amide bonds. The van der Waals surface area contributed by atoms with Crippen molar-refractivity contribution in [1.29, 1.82) is 0 Å². The van der Waals surface area contributed by atoms with E-state index in [4.69, 9.17) is 24.1 Å². The number of rotatable bonds is 11. The molecule has 0 unspecified atom stereocenters. The first-order valence-corrected chi connectivity index (χ1v) is 12.8. The quantitative estimate of drug-likeness (QED) is 0.222. The van der Waals surface area contributed by atoms with Gasteiger partial charge in [0.25, 0.3) is 0 Å². The first-order chi connectivity index (χ1) is 19.2. The standard InChI is InChI=1S/C30H30N6O3/c1-3-15-36(16-17-37)25-12-8-7-11-23(25)29-33-28(21-9-5-4-6-10-21)34-30(35-29)32-22-13-14-24(26(18-22)38-2)27-19-31-20-39-27/h4-14,18-20,37H,3,15-17H2,1-2H3,(H,32,33,34,35). The Hall–Kier alpha value is -4.76. The molecule has 0 atom stereocenters. The lowest BCUT2D eigenvalue weighted by atomic mass is 10.1. The fourth-order valence-electron chi connectivity index (χ4n) is 4.40. The molecule has 5 aromatic rings. The summed E-state index contributed by atoms with van der Waals surface area (Å²) in [6.07, 6.45) is 3.98. The highest BCUT2D eigenvalue weighted by Crippen LogP contribution is 2.34. The van der Waals surface area contributed by atoms with E-state index in [1.54, 1.807) is 13.3 Å². The van der Waals surface area contributed by atoms with Gasteiger partial charge in [0.15, 0.2) is 23.8 Å². The van der Waals surface area contributed by atoms with Gasteiger partial charge in [-0.15, -0.1) is 0 Å². The second-order valence-corrected chi connectivity index (χ2v) is 8.81. The number of methoxy groups -OCH3 is 1. The van der Waals surface area contributed by atoms with Crippen LogP contribution >= 0.6 is 0 Å². The van der Waals surface area contributed by atoms with Crippen molar-refractivity contribution in [2.45, 2.75) is 13.3 Å². The Morgan fingerprint density at radius 1 is 0.897 bits per heavy atom. The Morgan fingerprint density at radius 3 is 2.44 bits per heavy atom. The number of benzene rings is 3. The maximum absolute atomic E-state index is 9.70. The summed E-state index contributed by atoms with van der Waals surface area (Å²) in [7, 11) is 1.61. The molecule has 9 heteroatoms. The molecule has 0 fully saturated rings. The second-order valence-electron chi connectivity index (χ2n) is 8.81. The number of nitrogens with one attached hydrogen (secondary N) is 1. The number of aliphatic hydroxyl groups is 1. The fourth-order valence-corrected chi connectivity index (χ4v) is 4.40. The van der Waals surface area contributed by atoms with Crippen LogP contribution in [0.25, 0.3) is 34.1 Å². The van der Waals surface area contributed by atoms with E-state index in [2.05, 4.69) is 22.1 Å². The van der Waals surface area contributed by atoms with Crippen LogP contribution in [0.3, 0.4) is 0 Å². The number of aromatic nitrogens is 4. The summed E-state index contributed by atoms with van der Waals surface area (Å²) in [4.78, 5) is 20.6. The van der Waals surface area contributed by atoms with Crippen molar-refractivity contribution in [3.8, 4) is 39.8 Å². The number of aliphatic hydroxyl groups excluding tert-OH is 1. The molecular weight excluding hydrogens is 492 g/mol. The van der Waals surface area contributed by atoms with Gasteiger partial charge in [0.1, 0.15) is 5.75 Å². The third-order valence-electron chi connectivity index (χ3n) is 6.17.